The smallest absolute Gasteiger partial charge is 0.343 e. The molecule has 0 aliphatic carbocycles. The maximum absolute atomic E-state index is 12.3. The molecule has 0 N–H and O–H groups in total. The van der Waals surface area contributed by atoms with E-state index in [1.165, 1.54) is 19.1 Å². The van der Waals surface area contributed by atoms with Crippen molar-refractivity contribution in [3.05, 3.63) is 69.4 Å². The summed E-state index contributed by atoms with van der Waals surface area (Å²) in [6.07, 6.45) is 1.35. The standard InChI is InChI=1S/C17H13NO6/c1-11(18(20)21)8-12-4-2-3-5-14(12)24-17(19)13-6-7-15-16(9-13)23-10-22-15/h2-9H,10H2,1H3/b11-8+. The lowest BCUT2D eigenvalue weighted by Crippen LogP contribution is -2.09. The van der Waals surface area contributed by atoms with Gasteiger partial charge in [0.2, 0.25) is 12.5 Å². The summed E-state index contributed by atoms with van der Waals surface area (Å²) < 4.78 is 15.8. The molecule has 0 saturated heterocycles. The van der Waals surface area contributed by atoms with Gasteiger partial charge in [0.15, 0.2) is 11.5 Å². The fourth-order valence-electron chi connectivity index (χ4n) is 2.15. The molecule has 0 aromatic heterocycles. The quantitative estimate of drug-likeness (QED) is 0.371. The summed E-state index contributed by atoms with van der Waals surface area (Å²) in [5.41, 5.74) is 0.686. The van der Waals surface area contributed by atoms with Gasteiger partial charge in [-0.1, -0.05) is 18.2 Å². The van der Waals surface area contributed by atoms with Gasteiger partial charge in [-0.05, 0) is 24.3 Å². The van der Waals surface area contributed by atoms with Crippen LogP contribution >= 0.6 is 0 Å². The van der Waals surface area contributed by atoms with Crippen LogP contribution in [0.4, 0.5) is 0 Å². The van der Waals surface area contributed by atoms with Crippen molar-refractivity contribution >= 4 is 12.0 Å². The number of nitrogens with zero attached hydrogens (tertiary/aromatic N) is 1. The zero-order valence-electron chi connectivity index (χ0n) is 12.7. The number of allylic oxidation sites excluding steroid dienone is 1. The Balaban J connectivity index is 1.85. The number of carbonyl (C=O) groups excluding carboxylic acids is 1. The number of hydrogen-bond acceptors (Lipinski definition) is 6. The maximum atomic E-state index is 12.3. The number of hydrogen-bond donors (Lipinski definition) is 0. The first-order valence-electron chi connectivity index (χ1n) is 7.08. The highest BCUT2D eigenvalue weighted by atomic mass is 16.7. The lowest BCUT2D eigenvalue weighted by Gasteiger charge is -2.08. The molecule has 0 atom stereocenters. The van der Waals surface area contributed by atoms with Crippen molar-refractivity contribution in [3.8, 4) is 17.2 Å². The normalized spacial score (nSPS) is 12.8. The molecule has 0 fully saturated rings. The first-order valence-corrected chi connectivity index (χ1v) is 7.08. The van der Waals surface area contributed by atoms with Crippen molar-refractivity contribution in [1.29, 1.82) is 0 Å². The molecule has 7 heteroatoms. The third-order valence-corrected chi connectivity index (χ3v) is 3.38. The molecule has 1 aliphatic heterocycles. The van der Waals surface area contributed by atoms with Crippen molar-refractivity contribution in [2.24, 2.45) is 0 Å². The highest BCUT2D eigenvalue weighted by Gasteiger charge is 2.18. The highest BCUT2D eigenvalue weighted by Crippen LogP contribution is 2.33. The summed E-state index contributed by atoms with van der Waals surface area (Å²) >= 11 is 0. The molecule has 2 aromatic carbocycles. The summed E-state index contributed by atoms with van der Waals surface area (Å²) in [5.74, 6) is 0.688. The Morgan fingerprint density at radius 1 is 1.21 bits per heavy atom. The van der Waals surface area contributed by atoms with Gasteiger partial charge >= 0.3 is 5.97 Å². The van der Waals surface area contributed by atoms with Crippen LogP contribution in [0.3, 0.4) is 0 Å². The minimum Gasteiger partial charge on any atom is -0.454 e. The van der Waals surface area contributed by atoms with Crippen molar-refractivity contribution in [3.63, 3.8) is 0 Å². The number of esters is 1. The lowest BCUT2D eigenvalue weighted by molar-refractivity contribution is -0.422. The van der Waals surface area contributed by atoms with Crippen LogP contribution in [0.25, 0.3) is 6.08 Å². The van der Waals surface area contributed by atoms with Gasteiger partial charge in [-0.25, -0.2) is 4.79 Å². The van der Waals surface area contributed by atoms with Gasteiger partial charge in [0.05, 0.1) is 10.5 Å². The van der Waals surface area contributed by atoms with E-state index >= 15 is 0 Å². The molecule has 3 rings (SSSR count). The number of rotatable bonds is 4. The van der Waals surface area contributed by atoms with E-state index in [2.05, 4.69) is 0 Å². The van der Waals surface area contributed by atoms with Crippen LogP contribution in [0, 0.1) is 10.1 Å². The third kappa shape index (κ3) is 3.19. The number of nitro groups is 1. The SMILES string of the molecule is C/C(=C\c1ccccc1OC(=O)c1ccc2c(c1)OCO2)[N+](=O)[O-]. The second-order valence-electron chi connectivity index (χ2n) is 5.04. The van der Waals surface area contributed by atoms with Crippen LogP contribution in [0.2, 0.25) is 0 Å². The van der Waals surface area contributed by atoms with Crippen molar-refractivity contribution in [1.82, 2.24) is 0 Å². The van der Waals surface area contributed by atoms with Gasteiger partial charge in [-0.15, -0.1) is 0 Å². The van der Waals surface area contributed by atoms with E-state index < -0.39 is 10.9 Å². The summed E-state index contributed by atoms with van der Waals surface area (Å²) in [4.78, 5) is 22.6. The monoisotopic (exact) mass is 327 g/mol. The molecule has 1 aliphatic rings. The Bertz CT molecular complexity index is 843. The summed E-state index contributed by atoms with van der Waals surface area (Å²) in [6.45, 7) is 1.48. The molecule has 0 radical (unpaired) electrons. The van der Waals surface area contributed by atoms with Gasteiger partial charge in [0.1, 0.15) is 5.75 Å². The highest BCUT2D eigenvalue weighted by molar-refractivity contribution is 5.92. The molecule has 0 saturated carbocycles. The van der Waals surface area contributed by atoms with E-state index in [-0.39, 0.29) is 18.2 Å². The summed E-state index contributed by atoms with van der Waals surface area (Å²) in [5, 5.41) is 10.8. The van der Waals surface area contributed by atoms with Crippen molar-refractivity contribution < 1.29 is 23.9 Å². The topological polar surface area (TPSA) is 87.9 Å². The predicted molar refractivity (Wildman–Crippen MR) is 84.6 cm³/mol. The zero-order chi connectivity index (χ0) is 17.1. The molecule has 0 spiro atoms. The number of ether oxygens (including phenoxy) is 3. The number of para-hydroxylation sites is 1. The van der Waals surface area contributed by atoms with Crippen LogP contribution in [0.15, 0.2) is 48.2 Å². The van der Waals surface area contributed by atoms with Gasteiger partial charge in [-0.2, -0.15) is 0 Å². The summed E-state index contributed by atoms with van der Waals surface area (Å²) in [7, 11) is 0. The minimum atomic E-state index is -0.590. The second-order valence-corrected chi connectivity index (χ2v) is 5.04. The van der Waals surface area contributed by atoms with E-state index in [1.807, 2.05) is 0 Å². The van der Waals surface area contributed by atoms with Crippen molar-refractivity contribution in [2.45, 2.75) is 6.92 Å². The largest absolute Gasteiger partial charge is 0.454 e. The average Bonchev–Trinajstić information content (AvgIpc) is 3.04. The van der Waals surface area contributed by atoms with Gasteiger partial charge < -0.3 is 14.2 Å². The lowest BCUT2D eigenvalue weighted by atomic mass is 10.1. The third-order valence-electron chi connectivity index (χ3n) is 3.38. The molecule has 0 amide bonds. The molecule has 122 valence electrons. The van der Waals surface area contributed by atoms with Crippen LogP contribution in [-0.4, -0.2) is 17.7 Å². The average molecular weight is 327 g/mol. The molecule has 1 heterocycles. The summed E-state index contributed by atoms with van der Waals surface area (Å²) in [6, 6.07) is 11.3. The molecule has 7 nitrogen and oxygen atoms in total. The Labute approximate surface area is 137 Å². The van der Waals surface area contributed by atoms with Crippen LogP contribution in [0.5, 0.6) is 17.2 Å². The van der Waals surface area contributed by atoms with E-state index in [0.29, 0.717) is 22.6 Å². The van der Waals surface area contributed by atoms with Gasteiger partial charge in [0, 0.05) is 18.6 Å². The van der Waals surface area contributed by atoms with E-state index in [4.69, 9.17) is 14.2 Å². The maximum Gasteiger partial charge on any atom is 0.343 e. The number of benzene rings is 2. The first kappa shape index (κ1) is 15.5. The van der Waals surface area contributed by atoms with Crippen molar-refractivity contribution in [2.75, 3.05) is 6.79 Å². The van der Waals surface area contributed by atoms with E-state index in [0.717, 1.165) is 0 Å². The zero-order valence-corrected chi connectivity index (χ0v) is 12.7. The Morgan fingerprint density at radius 3 is 2.75 bits per heavy atom. The van der Waals surface area contributed by atoms with E-state index in [9.17, 15) is 14.9 Å². The van der Waals surface area contributed by atoms with Gasteiger partial charge in [0.25, 0.3) is 0 Å². The Kier molecular flexibility index (Phi) is 4.15. The molecule has 0 unspecified atom stereocenters. The molecule has 24 heavy (non-hydrogen) atoms. The van der Waals surface area contributed by atoms with Crippen LogP contribution in [-0.2, 0) is 0 Å². The fourth-order valence-corrected chi connectivity index (χ4v) is 2.15. The number of carbonyl (C=O) groups is 1. The molecular formula is C17H13NO6. The minimum absolute atomic E-state index is 0.0541. The number of fused-ring (bicyclic) bond motifs is 1. The Hall–Kier alpha value is -3.35. The second kappa shape index (κ2) is 6.41. The first-order chi connectivity index (χ1) is 11.5. The molecule has 2 aromatic rings. The molecular weight excluding hydrogens is 314 g/mol. The van der Waals surface area contributed by atoms with Crippen LogP contribution < -0.4 is 14.2 Å². The van der Waals surface area contributed by atoms with Gasteiger partial charge in [-0.3, -0.25) is 10.1 Å². The van der Waals surface area contributed by atoms with E-state index in [1.54, 1.807) is 36.4 Å². The predicted octanol–water partition coefficient (Wildman–Crippen LogP) is 3.27. The molecule has 0 bridgehead atoms. The van der Waals surface area contributed by atoms with Crippen LogP contribution in [0.1, 0.15) is 22.8 Å². The Morgan fingerprint density at radius 2 is 1.96 bits per heavy atom. The fraction of sp³-hybridized carbons (Fsp3) is 0.118.